The van der Waals surface area contributed by atoms with Gasteiger partial charge in [-0.2, -0.15) is 0 Å². The van der Waals surface area contributed by atoms with E-state index in [4.69, 9.17) is 0 Å². The summed E-state index contributed by atoms with van der Waals surface area (Å²) in [6, 6.07) is 13.1. The fourth-order valence-electron chi connectivity index (χ4n) is 1.89. The zero-order chi connectivity index (χ0) is 16.7. The Hall–Kier alpha value is -1.66. The SMILES string of the molecule is CS(=O)c1ccc(C(=O)NCCCSc2ccc(F)cc2)cc1. The van der Waals surface area contributed by atoms with Crippen molar-refractivity contribution in [3.05, 3.63) is 59.9 Å². The van der Waals surface area contributed by atoms with E-state index < -0.39 is 10.8 Å². The fourth-order valence-corrected chi connectivity index (χ4v) is 3.27. The van der Waals surface area contributed by atoms with Crippen LogP contribution in [0.3, 0.4) is 0 Å². The van der Waals surface area contributed by atoms with Gasteiger partial charge >= 0.3 is 0 Å². The third kappa shape index (κ3) is 5.80. The number of rotatable bonds is 7. The molecule has 1 N–H and O–H groups in total. The van der Waals surface area contributed by atoms with Crippen molar-refractivity contribution in [1.82, 2.24) is 5.32 Å². The summed E-state index contributed by atoms with van der Waals surface area (Å²) in [5.74, 6) is 0.476. The molecule has 122 valence electrons. The Bertz CT molecular complexity index is 672. The van der Waals surface area contributed by atoms with Crippen LogP contribution in [0.2, 0.25) is 0 Å². The van der Waals surface area contributed by atoms with Gasteiger partial charge in [0.15, 0.2) is 0 Å². The van der Waals surface area contributed by atoms with Gasteiger partial charge in [-0.3, -0.25) is 9.00 Å². The van der Waals surface area contributed by atoms with E-state index in [0.717, 1.165) is 17.1 Å². The van der Waals surface area contributed by atoms with Gasteiger partial charge in [-0.15, -0.1) is 11.8 Å². The van der Waals surface area contributed by atoms with Crippen LogP contribution in [0.15, 0.2) is 58.3 Å². The number of thioether (sulfide) groups is 1. The molecular weight excluding hydrogens is 333 g/mol. The smallest absolute Gasteiger partial charge is 0.251 e. The molecule has 2 aromatic rings. The normalized spacial score (nSPS) is 11.9. The van der Waals surface area contributed by atoms with E-state index in [1.165, 1.54) is 12.1 Å². The number of halogens is 1. The highest BCUT2D eigenvalue weighted by atomic mass is 32.2. The van der Waals surface area contributed by atoms with Crippen LogP contribution in [0.1, 0.15) is 16.8 Å². The van der Waals surface area contributed by atoms with E-state index in [-0.39, 0.29) is 11.7 Å². The first-order valence-corrected chi connectivity index (χ1v) is 9.70. The Labute approximate surface area is 142 Å². The molecule has 1 unspecified atom stereocenters. The van der Waals surface area contributed by atoms with Crippen molar-refractivity contribution in [2.45, 2.75) is 16.2 Å². The lowest BCUT2D eigenvalue weighted by Gasteiger charge is -2.06. The van der Waals surface area contributed by atoms with Crippen LogP contribution in [0, 0.1) is 5.82 Å². The lowest BCUT2D eigenvalue weighted by atomic mass is 10.2. The first-order chi connectivity index (χ1) is 11.1. The van der Waals surface area contributed by atoms with Crippen LogP contribution >= 0.6 is 11.8 Å². The predicted molar refractivity (Wildman–Crippen MR) is 92.8 cm³/mol. The van der Waals surface area contributed by atoms with Gasteiger partial charge in [0.2, 0.25) is 0 Å². The molecule has 3 nitrogen and oxygen atoms in total. The zero-order valence-electron chi connectivity index (χ0n) is 12.8. The van der Waals surface area contributed by atoms with Gasteiger partial charge in [0.25, 0.3) is 5.91 Å². The molecular formula is C17H18FNO2S2. The number of hydrogen-bond acceptors (Lipinski definition) is 3. The number of hydrogen-bond donors (Lipinski definition) is 1. The maximum Gasteiger partial charge on any atom is 0.251 e. The maximum absolute atomic E-state index is 12.8. The highest BCUT2D eigenvalue weighted by Crippen LogP contribution is 2.18. The highest BCUT2D eigenvalue weighted by Gasteiger charge is 2.05. The van der Waals surface area contributed by atoms with Crippen molar-refractivity contribution >= 4 is 28.5 Å². The third-order valence-corrected chi connectivity index (χ3v) is 5.17. The van der Waals surface area contributed by atoms with Gasteiger partial charge < -0.3 is 5.32 Å². The first-order valence-electron chi connectivity index (χ1n) is 7.16. The molecule has 2 rings (SSSR count). The summed E-state index contributed by atoms with van der Waals surface area (Å²) in [5, 5.41) is 2.85. The molecule has 0 saturated heterocycles. The van der Waals surface area contributed by atoms with Gasteiger partial charge in [-0.1, -0.05) is 0 Å². The quantitative estimate of drug-likeness (QED) is 0.614. The predicted octanol–water partition coefficient (Wildman–Crippen LogP) is 3.48. The van der Waals surface area contributed by atoms with Crippen LogP contribution in [-0.2, 0) is 10.8 Å². The Balaban J connectivity index is 1.70. The molecule has 0 spiro atoms. The third-order valence-electron chi connectivity index (χ3n) is 3.14. The lowest BCUT2D eigenvalue weighted by Crippen LogP contribution is -2.24. The van der Waals surface area contributed by atoms with E-state index in [1.54, 1.807) is 54.4 Å². The molecule has 0 saturated carbocycles. The van der Waals surface area contributed by atoms with Crippen LogP contribution in [0.5, 0.6) is 0 Å². The fraction of sp³-hybridized carbons (Fsp3) is 0.235. The molecule has 1 atom stereocenters. The molecule has 0 aliphatic heterocycles. The number of nitrogens with one attached hydrogen (secondary N) is 1. The standard InChI is InChI=1S/C17H18FNO2S2/c1-23(21)16-9-3-13(4-10-16)17(20)19-11-2-12-22-15-7-5-14(18)6-8-15/h3-10H,2,11-12H2,1H3,(H,19,20). The second kappa shape index (κ2) is 8.84. The van der Waals surface area contributed by atoms with Crippen molar-refractivity contribution < 1.29 is 13.4 Å². The van der Waals surface area contributed by atoms with Crippen molar-refractivity contribution in [2.75, 3.05) is 18.6 Å². The summed E-state index contributed by atoms with van der Waals surface area (Å²) >= 11 is 1.63. The van der Waals surface area contributed by atoms with Crippen molar-refractivity contribution in [3.63, 3.8) is 0 Å². The van der Waals surface area contributed by atoms with Crippen molar-refractivity contribution in [3.8, 4) is 0 Å². The lowest BCUT2D eigenvalue weighted by molar-refractivity contribution is 0.0953. The Morgan fingerprint density at radius 2 is 1.78 bits per heavy atom. The Morgan fingerprint density at radius 1 is 1.13 bits per heavy atom. The molecule has 0 aliphatic rings. The Morgan fingerprint density at radius 3 is 2.39 bits per heavy atom. The van der Waals surface area contributed by atoms with E-state index in [0.29, 0.717) is 17.0 Å². The van der Waals surface area contributed by atoms with Crippen molar-refractivity contribution in [2.24, 2.45) is 0 Å². The molecule has 0 aromatic heterocycles. The van der Waals surface area contributed by atoms with Crippen LogP contribution in [-0.4, -0.2) is 28.7 Å². The minimum atomic E-state index is -1.04. The number of amides is 1. The number of benzene rings is 2. The minimum Gasteiger partial charge on any atom is -0.352 e. The number of carbonyl (C=O) groups excluding carboxylic acids is 1. The van der Waals surface area contributed by atoms with Gasteiger partial charge in [-0.25, -0.2) is 4.39 Å². The average molecular weight is 351 g/mol. The summed E-state index contributed by atoms with van der Waals surface area (Å²) in [7, 11) is -1.04. The topological polar surface area (TPSA) is 46.2 Å². The molecule has 1 amide bonds. The second-order valence-electron chi connectivity index (χ2n) is 4.89. The summed E-state index contributed by atoms with van der Waals surface area (Å²) in [5.41, 5.74) is 0.561. The minimum absolute atomic E-state index is 0.134. The molecule has 0 fully saturated rings. The number of carbonyl (C=O) groups is 1. The average Bonchev–Trinajstić information content (AvgIpc) is 2.56. The van der Waals surface area contributed by atoms with E-state index >= 15 is 0 Å². The molecule has 6 heteroatoms. The van der Waals surface area contributed by atoms with Gasteiger partial charge in [0, 0.05) is 39.0 Å². The summed E-state index contributed by atoms with van der Waals surface area (Å²) in [4.78, 5) is 13.7. The summed E-state index contributed by atoms with van der Waals surface area (Å²) < 4.78 is 24.1. The van der Waals surface area contributed by atoms with Crippen LogP contribution in [0.4, 0.5) is 4.39 Å². The van der Waals surface area contributed by atoms with Gasteiger partial charge in [0.1, 0.15) is 5.82 Å². The molecule has 0 heterocycles. The summed E-state index contributed by atoms with van der Waals surface area (Å²) in [6.45, 7) is 0.578. The van der Waals surface area contributed by atoms with Gasteiger partial charge in [0.05, 0.1) is 0 Å². The first kappa shape index (κ1) is 17.7. The summed E-state index contributed by atoms with van der Waals surface area (Å²) in [6.07, 6.45) is 2.43. The van der Waals surface area contributed by atoms with Crippen LogP contribution in [0.25, 0.3) is 0 Å². The van der Waals surface area contributed by atoms with Crippen molar-refractivity contribution in [1.29, 1.82) is 0 Å². The zero-order valence-corrected chi connectivity index (χ0v) is 14.4. The Kier molecular flexibility index (Phi) is 6.80. The van der Waals surface area contributed by atoms with E-state index in [2.05, 4.69) is 5.32 Å². The maximum atomic E-state index is 12.8. The second-order valence-corrected chi connectivity index (χ2v) is 7.44. The molecule has 2 aromatic carbocycles. The van der Waals surface area contributed by atoms with Crippen LogP contribution < -0.4 is 5.32 Å². The highest BCUT2D eigenvalue weighted by molar-refractivity contribution is 7.99. The molecule has 0 aliphatic carbocycles. The van der Waals surface area contributed by atoms with E-state index in [1.807, 2.05) is 0 Å². The molecule has 0 radical (unpaired) electrons. The largest absolute Gasteiger partial charge is 0.352 e. The monoisotopic (exact) mass is 351 g/mol. The molecule has 0 bridgehead atoms. The molecule has 23 heavy (non-hydrogen) atoms. The van der Waals surface area contributed by atoms with E-state index in [9.17, 15) is 13.4 Å². The van der Waals surface area contributed by atoms with Gasteiger partial charge in [-0.05, 0) is 60.7 Å².